The molecule has 0 bridgehead atoms. The van der Waals surface area contributed by atoms with E-state index in [1.807, 2.05) is 0 Å². The standard InChI is InChI=1S/C7H14O6/c1-3(9)5(11)7(13)6(12)4(10)2-8/h4-13H,1-2H2. The molecule has 0 heterocycles. The van der Waals surface area contributed by atoms with E-state index in [0.717, 1.165) is 0 Å². The van der Waals surface area contributed by atoms with Gasteiger partial charge in [-0.3, -0.25) is 0 Å². The molecule has 4 atom stereocenters. The topological polar surface area (TPSA) is 121 Å². The minimum Gasteiger partial charge on any atom is -0.510 e. The Labute approximate surface area is 75.0 Å². The fraction of sp³-hybridized carbons (Fsp3) is 0.714. The molecular formula is C7H14O6. The predicted octanol–water partition coefficient (Wildman–Crippen LogP) is -2.51. The number of hydrogen-bond acceptors (Lipinski definition) is 6. The molecule has 0 rings (SSSR count). The lowest BCUT2D eigenvalue weighted by atomic mass is 10.0. The van der Waals surface area contributed by atoms with E-state index >= 15 is 0 Å². The second kappa shape index (κ2) is 5.15. The van der Waals surface area contributed by atoms with Crippen molar-refractivity contribution in [1.82, 2.24) is 0 Å². The quantitative estimate of drug-likeness (QED) is 0.269. The third-order valence-corrected chi connectivity index (χ3v) is 1.60. The summed E-state index contributed by atoms with van der Waals surface area (Å²) in [6, 6.07) is 0. The van der Waals surface area contributed by atoms with Gasteiger partial charge in [-0.25, -0.2) is 0 Å². The molecule has 6 nitrogen and oxygen atoms in total. The molecule has 0 aromatic carbocycles. The van der Waals surface area contributed by atoms with Gasteiger partial charge in [0, 0.05) is 0 Å². The van der Waals surface area contributed by atoms with Gasteiger partial charge in [-0.1, -0.05) is 6.58 Å². The first-order chi connectivity index (χ1) is 5.91. The molecule has 0 amide bonds. The van der Waals surface area contributed by atoms with Crippen molar-refractivity contribution in [2.75, 3.05) is 6.61 Å². The first kappa shape index (κ1) is 12.3. The van der Waals surface area contributed by atoms with Crippen LogP contribution in [0.5, 0.6) is 0 Å². The minimum absolute atomic E-state index is 0.725. The normalized spacial score (nSPS) is 20.4. The van der Waals surface area contributed by atoms with Crippen LogP contribution in [0.4, 0.5) is 0 Å². The van der Waals surface area contributed by atoms with Gasteiger partial charge in [0.2, 0.25) is 0 Å². The summed E-state index contributed by atoms with van der Waals surface area (Å²) >= 11 is 0. The predicted molar refractivity (Wildman–Crippen MR) is 42.9 cm³/mol. The van der Waals surface area contributed by atoms with Gasteiger partial charge in [0.25, 0.3) is 0 Å². The Kier molecular flexibility index (Phi) is 4.89. The Bertz CT molecular complexity index is 170. The third-order valence-electron chi connectivity index (χ3n) is 1.60. The zero-order valence-electron chi connectivity index (χ0n) is 6.91. The van der Waals surface area contributed by atoms with Gasteiger partial charge in [-0.05, 0) is 0 Å². The van der Waals surface area contributed by atoms with E-state index in [4.69, 9.17) is 30.6 Å². The lowest BCUT2D eigenvalue weighted by molar-refractivity contribution is -0.112. The van der Waals surface area contributed by atoms with Crippen molar-refractivity contribution in [2.24, 2.45) is 0 Å². The van der Waals surface area contributed by atoms with Gasteiger partial charge in [0.05, 0.1) is 6.61 Å². The fourth-order valence-electron chi connectivity index (χ4n) is 0.719. The van der Waals surface area contributed by atoms with Crippen molar-refractivity contribution in [1.29, 1.82) is 0 Å². The monoisotopic (exact) mass is 194 g/mol. The summed E-state index contributed by atoms with van der Waals surface area (Å²) in [5.74, 6) is -0.725. The highest BCUT2D eigenvalue weighted by atomic mass is 16.4. The minimum atomic E-state index is -1.79. The van der Waals surface area contributed by atoms with Crippen molar-refractivity contribution in [2.45, 2.75) is 24.4 Å². The maximum absolute atomic E-state index is 9.07. The van der Waals surface area contributed by atoms with Crippen molar-refractivity contribution in [3.05, 3.63) is 12.3 Å². The lowest BCUT2D eigenvalue weighted by Crippen LogP contribution is -2.46. The summed E-state index contributed by atoms with van der Waals surface area (Å²) < 4.78 is 0. The van der Waals surface area contributed by atoms with E-state index in [9.17, 15) is 0 Å². The Morgan fingerprint density at radius 3 is 1.85 bits per heavy atom. The van der Waals surface area contributed by atoms with Crippen molar-refractivity contribution >= 4 is 0 Å². The summed E-state index contributed by atoms with van der Waals surface area (Å²) in [5.41, 5.74) is 0. The fourth-order valence-corrected chi connectivity index (χ4v) is 0.719. The number of aliphatic hydroxyl groups is 6. The summed E-state index contributed by atoms with van der Waals surface area (Å²) in [7, 11) is 0. The average molecular weight is 194 g/mol. The molecule has 13 heavy (non-hydrogen) atoms. The molecule has 0 aliphatic carbocycles. The van der Waals surface area contributed by atoms with Crippen molar-refractivity contribution in [3.63, 3.8) is 0 Å². The highest BCUT2D eigenvalue weighted by molar-refractivity contribution is 4.96. The molecule has 0 saturated heterocycles. The highest BCUT2D eigenvalue weighted by Gasteiger charge is 2.31. The molecule has 78 valence electrons. The SMILES string of the molecule is C=C(O)C(O)C(O)C(O)C(O)CO. The van der Waals surface area contributed by atoms with Crippen LogP contribution in [0.1, 0.15) is 0 Å². The van der Waals surface area contributed by atoms with Gasteiger partial charge >= 0.3 is 0 Å². The number of rotatable bonds is 5. The third kappa shape index (κ3) is 3.29. The first-order valence-electron chi connectivity index (χ1n) is 3.62. The Hall–Kier alpha value is -0.660. The van der Waals surface area contributed by atoms with E-state index in [1.165, 1.54) is 0 Å². The van der Waals surface area contributed by atoms with Crippen molar-refractivity contribution in [3.8, 4) is 0 Å². The largest absolute Gasteiger partial charge is 0.510 e. The van der Waals surface area contributed by atoms with Crippen LogP contribution in [-0.4, -0.2) is 61.7 Å². The van der Waals surface area contributed by atoms with Crippen LogP contribution >= 0.6 is 0 Å². The Morgan fingerprint density at radius 2 is 1.54 bits per heavy atom. The van der Waals surface area contributed by atoms with Gasteiger partial charge < -0.3 is 30.6 Å². The van der Waals surface area contributed by atoms with Crippen molar-refractivity contribution < 1.29 is 30.6 Å². The molecule has 0 fully saturated rings. The molecule has 0 radical (unpaired) electrons. The molecule has 6 N–H and O–H groups in total. The Balaban J connectivity index is 4.24. The van der Waals surface area contributed by atoms with Crippen LogP contribution in [0.2, 0.25) is 0 Å². The molecule has 0 aliphatic rings. The maximum Gasteiger partial charge on any atom is 0.139 e. The summed E-state index contributed by atoms with van der Waals surface area (Å²) in [6.07, 6.45) is -6.87. The summed E-state index contributed by atoms with van der Waals surface area (Å²) in [4.78, 5) is 0. The van der Waals surface area contributed by atoms with Gasteiger partial charge in [0.1, 0.15) is 30.2 Å². The highest BCUT2D eigenvalue weighted by Crippen LogP contribution is 2.08. The second-order valence-electron chi connectivity index (χ2n) is 2.67. The molecule has 6 heteroatoms. The van der Waals surface area contributed by atoms with Crippen LogP contribution in [0.3, 0.4) is 0 Å². The van der Waals surface area contributed by atoms with E-state index in [2.05, 4.69) is 6.58 Å². The molecular weight excluding hydrogens is 180 g/mol. The van der Waals surface area contributed by atoms with E-state index < -0.39 is 36.8 Å². The van der Waals surface area contributed by atoms with E-state index in [-0.39, 0.29) is 0 Å². The molecule has 0 aliphatic heterocycles. The van der Waals surface area contributed by atoms with Crippen LogP contribution in [0.25, 0.3) is 0 Å². The number of hydrogen-bond donors (Lipinski definition) is 6. The molecule has 0 aromatic rings. The second-order valence-corrected chi connectivity index (χ2v) is 2.67. The first-order valence-corrected chi connectivity index (χ1v) is 3.62. The Morgan fingerprint density at radius 1 is 1.08 bits per heavy atom. The molecule has 0 aromatic heterocycles. The molecule has 0 saturated carbocycles. The molecule has 0 spiro atoms. The zero-order valence-corrected chi connectivity index (χ0v) is 6.91. The average Bonchev–Trinajstić information content (AvgIpc) is 2.12. The maximum atomic E-state index is 9.07. The zero-order chi connectivity index (χ0) is 10.6. The van der Waals surface area contributed by atoms with Crippen LogP contribution < -0.4 is 0 Å². The van der Waals surface area contributed by atoms with Crippen LogP contribution in [0.15, 0.2) is 12.3 Å². The number of aliphatic hydroxyl groups excluding tert-OH is 6. The van der Waals surface area contributed by atoms with Crippen LogP contribution in [-0.2, 0) is 0 Å². The van der Waals surface area contributed by atoms with E-state index in [0.29, 0.717) is 0 Å². The molecule has 4 unspecified atom stereocenters. The van der Waals surface area contributed by atoms with E-state index in [1.54, 1.807) is 0 Å². The van der Waals surface area contributed by atoms with Crippen LogP contribution in [0, 0.1) is 0 Å². The smallest absolute Gasteiger partial charge is 0.139 e. The summed E-state index contributed by atoms with van der Waals surface area (Å²) in [6.45, 7) is 2.17. The van der Waals surface area contributed by atoms with Gasteiger partial charge in [-0.15, -0.1) is 0 Å². The summed E-state index contributed by atoms with van der Waals surface area (Å²) in [5, 5.41) is 52.9. The lowest BCUT2D eigenvalue weighted by Gasteiger charge is -2.24. The van der Waals surface area contributed by atoms with Gasteiger partial charge in [-0.2, -0.15) is 0 Å². The van der Waals surface area contributed by atoms with Gasteiger partial charge in [0.15, 0.2) is 0 Å².